The van der Waals surface area contributed by atoms with Gasteiger partial charge in [0.25, 0.3) is 0 Å². The fraction of sp³-hybridized carbons (Fsp3) is 0. The molecule has 0 atom stereocenters. The zero-order valence-electron chi connectivity index (χ0n) is 8.88. The van der Waals surface area contributed by atoms with Crippen LogP contribution in [0.1, 0.15) is 0 Å². The largest absolute Gasteiger partial charge is 0.508 e. The Balaban J connectivity index is 2.27. The normalized spacial score (nSPS) is 10.8. The van der Waals surface area contributed by atoms with Gasteiger partial charge in [-0.1, -0.05) is 12.1 Å². The van der Waals surface area contributed by atoms with Crippen LogP contribution in [0.25, 0.3) is 22.2 Å². The highest BCUT2D eigenvalue weighted by Gasteiger charge is 2.10. The zero-order chi connectivity index (χ0) is 11.8. The van der Waals surface area contributed by atoms with Crippen LogP contribution in [0.5, 0.6) is 5.75 Å². The standard InChI is InChI=1S/C12H10N4O/c13-11-10-9(5-14-12(10)16-6-15-11)7-1-3-8(17)4-2-7/h1-6,17H,(H3,13,14,15,16). The van der Waals surface area contributed by atoms with Gasteiger partial charge in [0.15, 0.2) is 0 Å². The van der Waals surface area contributed by atoms with Crippen molar-refractivity contribution in [3.63, 3.8) is 0 Å². The third-order valence-electron chi connectivity index (χ3n) is 2.68. The minimum Gasteiger partial charge on any atom is -0.508 e. The van der Waals surface area contributed by atoms with Crippen LogP contribution >= 0.6 is 0 Å². The molecule has 5 heteroatoms. The van der Waals surface area contributed by atoms with Gasteiger partial charge in [0.05, 0.1) is 5.39 Å². The van der Waals surface area contributed by atoms with Crippen molar-refractivity contribution < 1.29 is 5.11 Å². The molecule has 0 aliphatic rings. The number of fused-ring (bicyclic) bond motifs is 1. The molecule has 0 aliphatic heterocycles. The molecule has 2 heterocycles. The number of phenolic OH excluding ortho intramolecular Hbond substituents is 1. The van der Waals surface area contributed by atoms with Gasteiger partial charge in [-0.3, -0.25) is 0 Å². The van der Waals surface area contributed by atoms with Gasteiger partial charge < -0.3 is 15.8 Å². The van der Waals surface area contributed by atoms with E-state index in [1.165, 1.54) is 6.33 Å². The summed E-state index contributed by atoms with van der Waals surface area (Å²) in [6.07, 6.45) is 3.26. The first-order chi connectivity index (χ1) is 8.25. The maximum Gasteiger partial charge on any atom is 0.143 e. The lowest BCUT2D eigenvalue weighted by molar-refractivity contribution is 0.475. The average Bonchev–Trinajstić information content (AvgIpc) is 2.75. The predicted molar refractivity (Wildman–Crippen MR) is 65.4 cm³/mol. The number of nitrogens with one attached hydrogen (secondary N) is 1. The number of anilines is 1. The molecule has 0 saturated heterocycles. The van der Waals surface area contributed by atoms with E-state index >= 15 is 0 Å². The summed E-state index contributed by atoms with van der Waals surface area (Å²) in [6, 6.07) is 6.91. The van der Waals surface area contributed by atoms with E-state index in [1.807, 2.05) is 18.3 Å². The van der Waals surface area contributed by atoms with Gasteiger partial charge in [-0.05, 0) is 17.7 Å². The van der Waals surface area contributed by atoms with E-state index in [9.17, 15) is 5.11 Å². The molecule has 17 heavy (non-hydrogen) atoms. The van der Waals surface area contributed by atoms with Gasteiger partial charge in [-0.2, -0.15) is 0 Å². The summed E-state index contributed by atoms with van der Waals surface area (Å²) in [4.78, 5) is 11.1. The monoisotopic (exact) mass is 226 g/mol. The van der Waals surface area contributed by atoms with Gasteiger partial charge >= 0.3 is 0 Å². The SMILES string of the molecule is Nc1ncnc2[nH]cc(-c3ccc(O)cc3)c12. The molecule has 0 aliphatic carbocycles. The molecule has 1 aromatic carbocycles. The van der Waals surface area contributed by atoms with Gasteiger partial charge in [-0.25, -0.2) is 9.97 Å². The molecule has 84 valence electrons. The van der Waals surface area contributed by atoms with E-state index in [2.05, 4.69) is 15.0 Å². The van der Waals surface area contributed by atoms with E-state index < -0.39 is 0 Å². The summed E-state index contributed by atoms with van der Waals surface area (Å²) in [5.41, 5.74) is 8.44. The summed E-state index contributed by atoms with van der Waals surface area (Å²) in [5, 5.41) is 10.1. The van der Waals surface area contributed by atoms with Crippen LogP contribution in [0.15, 0.2) is 36.8 Å². The number of H-pyrrole nitrogens is 1. The number of nitrogen functional groups attached to an aromatic ring is 1. The molecule has 2 aromatic heterocycles. The number of aromatic nitrogens is 3. The molecule has 3 rings (SSSR count). The van der Waals surface area contributed by atoms with Crippen molar-refractivity contribution in [1.82, 2.24) is 15.0 Å². The Labute approximate surface area is 97.0 Å². The van der Waals surface area contributed by atoms with Gasteiger partial charge in [0.1, 0.15) is 23.5 Å². The topological polar surface area (TPSA) is 87.8 Å². The quantitative estimate of drug-likeness (QED) is 0.591. The lowest BCUT2D eigenvalue weighted by Crippen LogP contribution is -1.92. The van der Waals surface area contributed by atoms with E-state index in [1.54, 1.807) is 12.1 Å². The van der Waals surface area contributed by atoms with Gasteiger partial charge in [0, 0.05) is 11.8 Å². The number of rotatable bonds is 1. The molecule has 0 radical (unpaired) electrons. The van der Waals surface area contributed by atoms with Crippen LogP contribution in [-0.2, 0) is 0 Å². The fourth-order valence-corrected chi connectivity index (χ4v) is 1.86. The minimum absolute atomic E-state index is 0.234. The molecular weight excluding hydrogens is 216 g/mol. The lowest BCUT2D eigenvalue weighted by atomic mass is 10.1. The maximum absolute atomic E-state index is 9.26. The number of aromatic amines is 1. The van der Waals surface area contributed by atoms with Crippen molar-refractivity contribution in [2.45, 2.75) is 0 Å². The van der Waals surface area contributed by atoms with Gasteiger partial charge in [0.2, 0.25) is 0 Å². The van der Waals surface area contributed by atoms with Crippen LogP contribution in [0.3, 0.4) is 0 Å². The van der Waals surface area contributed by atoms with Crippen molar-refractivity contribution in [2.75, 3.05) is 5.73 Å². The molecule has 5 nitrogen and oxygen atoms in total. The van der Waals surface area contributed by atoms with E-state index in [-0.39, 0.29) is 5.75 Å². The summed E-state index contributed by atoms with van der Waals surface area (Å²) in [6.45, 7) is 0. The average molecular weight is 226 g/mol. The van der Waals surface area contributed by atoms with Crippen LogP contribution in [-0.4, -0.2) is 20.1 Å². The second-order valence-corrected chi connectivity index (χ2v) is 3.73. The van der Waals surface area contributed by atoms with Crippen molar-refractivity contribution in [2.24, 2.45) is 0 Å². The molecular formula is C12H10N4O. The molecule has 3 aromatic rings. The highest BCUT2D eigenvalue weighted by molar-refractivity contribution is 6.00. The lowest BCUT2D eigenvalue weighted by Gasteiger charge is -2.01. The molecule has 0 bridgehead atoms. The summed E-state index contributed by atoms with van der Waals surface area (Å²) in [5.74, 6) is 0.678. The van der Waals surface area contributed by atoms with Crippen molar-refractivity contribution in [3.05, 3.63) is 36.8 Å². The molecule has 4 N–H and O–H groups in total. The number of hydrogen-bond donors (Lipinski definition) is 3. The number of nitrogens with two attached hydrogens (primary N) is 1. The third kappa shape index (κ3) is 1.48. The maximum atomic E-state index is 9.26. The third-order valence-corrected chi connectivity index (χ3v) is 2.68. The predicted octanol–water partition coefficient (Wildman–Crippen LogP) is 1.91. The number of nitrogens with zero attached hydrogens (tertiary/aromatic N) is 2. The Morgan fingerprint density at radius 2 is 1.88 bits per heavy atom. The Morgan fingerprint density at radius 3 is 2.65 bits per heavy atom. The Kier molecular flexibility index (Phi) is 1.98. The van der Waals surface area contributed by atoms with E-state index in [4.69, 9.17) is 5.73 Å². The summed E-state index contributed by atoms with van der Waals surface area (Å²) in [7, 11) is 0. The van der Waals surface area contributed by atoms with Crippen LogP contribution < -0.4 is 5.73 Å². The van der Waals surface area contributed by atoms with Crippen LogP contribution in [0.4, 0.5) is 5.82 Å². The van der Waals surface area contributed by atoms with Crippen LogP contribution in [0.2, 0.25) is 0 Å². The molecule has 0 unspecified atom stereocenters. The van der Waals surface area contributed by atoms with Crippen molar-refractivity contribution in [1.29, 1.82) is 0 Å². The number of hydrogen-bond acceptors (Lipinski definition) is 4. The fourth-order valence-electron chi connectivity index (χ4n) is 1.86. The highest BCUT2D eigenvalue weighted by atomic mass is 16.3. The number of benzene rings is 1. The van der Waals surface area contributed by atoms with E-state index in [0.717, 1.165) is 16.5 Å². The van der Waals surface area contributed by atoms with Crippen molar-refractivity contribution >= 4 is 16.9 Å². The molecule has 0 amide bonds. The second-order valence-electron chi connectivity index (χ2n) is 3.73. The summed E-state index contributed by atoms with van der Waals surface area (Å²) < 4.78 is 0. The summed E-state index contributed by atoms with van der Waals surface area (Å²) >= 11 is 0. The van der Waals surface area contributed by atoms with Crippen molar-refractivity contribution in [3.8, 4) is 16.9 Å². The van der Waals surface area contributed by atoms with E-state index in [0.29, 0.717) is 11.5 Å². The zero-order valence-corrected chi connectivity index (χ0v) is 8.88. The number of aromatic hydroxyl groups is 1. The minimum atomic E-state index is 0.234. The first-order valence-electron chi connectivity index (χ1n) is 5.12. The first kappa shape index (κ1) is 9.65. The smallest absolute Gasteiger partial charge is 0.143 e. The Bertz CT molecular complexity index is 673. The van der Waals surface area contributed by atoms with Gasteiger partial charge in [-0.15, -0.1) is 0 Å². The highest BCUT2D eigenvalue weighted by Crippen LogP contribution is 2.31. The Hall–Kier alpha value is -2.56. The second kappa shape index (κ2) is 3.48. The Morgan fingerprint density at radius 1 is 1.12 bits per heavy atom. The molecule has 0 saturated carbocycles. The number of phenols is 1. The first-order valence-corrected chi connectivity index (χ1v) is 5.12. The van der Waals surface area contributed by atoms with Crippen LogP contribution in [0, 0.1) is 0 Å². The molecule has 0 spiro atoms. The molecule has 0 fully saturated rings.